The number of halogens is 1. The van der Waals surface area contributed by atoms with E-state index in [1.807, 2.05) is 6.92 Å². The van der Waals surface area contributed by atoms with Crippen molar-refractivity contribution in [1.29, 1.82) is 0 Å². The van der Waals surface area contributed by atoms with Crippen LogP contribution in [0, 0.1) is 5.92 Å². The van der Waals surface area contributed by atoms with Crippen LogP contribution in [0.3, 0.4) is 0 Å². The number of nitrogens with one attached hydrogen (secondary N) is 1. The average molecular weight is 286 g/mol. The van der Waals surface area contributed by atoms with E-state index in [9.17, 15) is 14.7 Å². The molecule has 1 aromatic carbocycles. The number of carbonyl (C=O) groups excluding carboxylic acids is 2. The van der Waals surface area contributed by atoms with E-state index in [2.05, 4.69) is 10.1 Å². The third-order valence-corrected chi connectivity index (χ3v) is 2.79. The van der Waals surface area contributed by atoms with Crippen molar-refractivity contribution in [2.45, 2.75) is 13.3 Å². The van der Waals surface area contributed by atoms with Gasteiger partial charge in [-0.25, -0.2) is 0 Å². The Kier molecular flexibility index (Phi) is 5.63. The number of phenols is 1. The van der Waals surface area contributed by atoms with Crippen LogP contribution in [0.1, 0.15) is 23.7 Å². The summed E-state index contributed by atoms with van der Waals surface area (Å²) in [6.45, 7) is 2.12. The van der Waals surface area contributed by atoms with E-state index < -0.39 is 5.91 Å². The van der Waals surface area contributed by atoms with E-state index in [1.54, 1.807) is 0 Å². The van der Waals surface area contributed by atoms with Crippen molar-refractivity contribution in [3.8, 4) is 5.75 Å². The van der Waals surface area contributed by atoms with Crippen LogP contribution in [0.2, 0.25) is 5.02 Å². The first-order valence-corrected chi connectivity index (χ1v) is 6.15. The highest BCUT2D eigenvalue weighted by Crippen LogP contribution is 2.21. The monoisotopic (exact) mass is 285 g/mol. The van der Waals surface area contributed by atoms with Crippen molar-refractivity contribution in [3.63, 3.8) is 0 Å². The predicted octanol–water partition coefficient (Wildman–Crippen LogP) is 1.97. The van der Waals surface area contributed by atoms with Crippen LogP contribution in [-0.2, 0) is 9.53 Å². The van der Waals surface area contributed by atoms with Gasteiger partial charge in [0.25, 0.3) is 5.91 Å². The lowest BCUT2D eigenvalue weighted by molar-refractivity contribution is -0.141. The lowest BCUT2D eigenvalue weighted by Gasteiger charge is -2.12. The predicted molar refractivity (Wildman–Crippen MR) is 71.2 cm³/mol. The summed E-state index contributed by atoms with van der Waals surface area (Å²) in [4.78, 5) is 22.9. The maximum absolute atomic E-state index is 11.8. The number of esters is 1. The molecule has 6 heteroatoms. The number of methoxy groups -OCH3 is 1. The SMILES string of the molecule is COC(=O)C[C@@H](C)CNC(=O)c1cc(Cl)ccc1O. The minimum atomic E-state index is -0.434. The fraction of sp³-hybridized carbons (Fsp3) is 0.385. The third kappa shape index (κ3) is 4.79. The molecule has 1 aromatic rings. The molecule has 1 rings (SSSR count). The third-order valence-electron chi connectivity index (χ3n) is 2.56. The second-order valence-corrected chi connectivity index (χ2v) is 4.69. The van der Waals surface area contributed by atoms with Crippen molar-refractivity contribution in [3.05, 3.63) is 28.8 Å². The van der Waals surface area contributed by atoms with Crippen molar-refractivity contribution < 1.29 is 19.4 Å². The second-order valence-electron chi connectivity index (χ2n) is 4.26. The molecule has 0 saturated carbocycles. The van der Waals surface area contributed by atoms with Crippen molar-refractivity contribution in [1.82, 2.24) is 5.32 Å². The van der Waals surface area contributed by atoms with E-state index in [4.69, 9.17) is 11.6 Å². The van der Waals surface area contributed by atoms with Crippen LogP contribution in [-0.4, -0.2) is 30.6 Å². The highest BCUT2D eigenvalue weighted by Gasteiger charge is 2.14. The van der Waals surface area contributed by atoms with Gasteiger partial charge in [-0.05, 0) is 24.1 Å². The summed E-state index contributed by atoms with van der Waals surface area (Å²) in [6, 6.07) is 4.24. The molecule has 0 spiro atoms. The summed E-state index contributed by atoms with van der Waals surface area (Å²) < 4.78 is 4.54. The zero-order valence-electron chi connectivity index (χ0n) is 10.8. The molecular weight excluding hydrogens is 270 g/mol. The van der Waals surface area contributed by atoms with Gasteiger partial charge < -0.3 is 15.2 Å². The number of amides is 1. The van der Waals surface area contributed by atoms with Gasteiger partial charge in [0.05, 0.1) is 12.7 Å². The highest BCUT2D eigenvalue weighted by molar-refractivity contribution is 6.31. The van der Waals surface area contributed by atoms with Gasteiger partial charge in [-0.3, -0.25) is 9.59 Å². The zero-order chi connectivity index (χ0) is 14.4. The number of carbonyl (C=O) groups is 2. The Balaban J connectivity index is 2.56. The van der Waals surface area contributed by atoms with Gasteiger partial charge in [0.15, 0.2) is 0 Å². The lowest BCUT2D eigenvalue weighted by atomic mass is 10.1. The number of hydrogen-bond acceptors (Lipinski definition) is 4. The van der Waals surface area contributed by atoms with E-state index in [1.165, 1.54) is 25.3 Å². The van der Waals surface area contributed by atoms with Crippen LogP contribution < -0.4 is 5.32 Å². The normalized spacial score (nSPS) is 11.7. The molecule has 2 N–H and O–H groups in total. The largest absolute Gasteiger partial charge is 0.507 e. The van der Waals surface area contributed by atoms with Gasteiger partial charge in [-0.1, -0.05) is 18.5 Å². The molecule has 1 amide bonds. The van der Waals surface area contributed by atoms with Crippen LogP contribution in [0.4, 0.5) is 0 Å². The maximum atomic E-state index is 11.8. The number of ether oxygens (including phenoxy) is 1. The van der Waals surface area contributed by atoms with Crippen LogP contribution in [0.15, 0.2) is 18.2 Å². The molecular formula is C13H16ClNO4. The molecule has 0 bridgehead atoms. The summed E-state index contributed by atoms with van der Waals surface area (Å²) >= 11 is 5.76. The van der Waals surface area contributed by atoms with Crippen LogP contribution >= 0.6 is 11.6 Å². The van der Waals surface area contributed by atoms with Gasteiger partial charge >= 0.3 is 5.97 Å². The smallest absolute Gasteiger partial charge is 0.305 e. The van der Waals surface area contributed by atoms with Gasteiger partial charge in [-0.15, -0.1) is 0 Å². The average Bonchev–Trinajstić information content (AvgIpc) is 2.38. The molecule has 0 saturated heterocycles. The Bertz CT molecular complexity index is 476. The van der Waals surface area contributed by atoms with E-state index in [0.29, 0.717) is 11.6 Å². The van der Waals surface area contributed by atoms with E-state index in [-0.39, 0.29) is 29.6 Å². The minimum Gasteiger partial charge on any atom is -0.507 e. The van der Waals surface area contributed by atoms with Gasteiger partial charge in [0.2, 0.25) is 0 Å². The Morgan fingerprint density at radius 3 is 2.79 bits per heavy atom. The summed E-state index contributed by atoms with van der Waals surface area (Å²) in [7, 11) is 1.32. The molecule has 0 heterocycles. The molecule has 0 radical (unpaired) electrons. The number of phenolic OH excluding ortho intramolecular Hbond substituents is 1. The summed E-state index contributed by atoms with van der Waals surface area (Å²) in [5, 5.41) is 12.6. The first kappa shape index (κ1) is 15.3. The Morgan fingerprint density at radius 2 is 2.16 bits per heavy atom. The Hall–Kier alpha value is -1.75. The Morgan fingerprint density at radius 1 is 1.47 bits per heavy atom. The van der Waals surface area contributed by atoms with Crippen molar-refractivity contribution in [2.75, 3.05) is 13.7 Å². The minimum absolute atomic E-state index is 0.0577. The van der Waals surface area contributed by atoms with Crippen molar-refractivity contribution in [2.24, 2.45) is 5.92 Å². The lowest BCUT2D eigenvalue weighted by Crippen LogP contribution is -2.29. The first-order valence-electron chi connectivity index (χ1n) is 5.77. The summed E-state index contributed by atoms with van der Waals surface area (Å²) in [6.07, 6.45) is 0.221. The molecule has 0 fully saturated rings. The fourth-order valence-electron chi connectivity index (χ4n) is 1.49. The number of benzene rings is 1. The number of rotatable bonds is 5. The summed E-state index contributed by atoms with van der Waals surface area (Å²) in [5.41, 5.74) is 0.109. The molecule has 0 aliphatic heterocycles. The van der Waals surface area contributed by atoms with Crippen LogP contribution in [0.25, 0.3) is 0 Å². The molecule has 19 heavy (non-hydrogen) atoms. The highest BCUT2D eigenvalue weighted by atomic mass is 35.5. The topological polar surface area (TPSA) is 75.6 Å². The number of aromatic hydroxyl groups is 1. The summed E-state index contributed by atoms with van der Waals surface area (Å²) in [5.74, 6) is -0.954. The standard InChI is InChI=1S/C13H16ClNO4/c1-8(5-12(17)19-2)7-15-13(18)10-6-9(14)3-4-11(10)16/h3-4,6,8,16H,5,7H2,1-2H3,(H,15,18)/t8-/m1/s1. The zero-order valence-corrected chi connectivity index (χ0v) is 11.5. The molecule has 0 aliphatic carbocycles. The quantitative estimate of drug-likeness (QED) is 0.811. The molecule has 0 aliphatic rings. The number of hydrogen-bond donors (Lipinski definition) is 2. The molecule has 104 valence electrons. The fourth-order valence-corrected chi connectivity index (χ4v) is 1.66. The first-order chi connectivity index (χ1) is 8.93. The Labute approximate surface area is 116 Å². The van der Waals surface area contributed by atoms with Gasteiger partial charge in [-0.2, -0.15) is 0 Å². The van der Waals surface area contributed by atoms with E-state index >= 15 is 0 Å². The van der Waals surface area contributed by atoms with Crippen molar-refractivity contribution >= 4 is 23.5 Å². The maximum Gasteiger partial charge on any atom is 0.305 e. The van der Waals surface area contributed by atoms with Crippen LogP contribution in [0.5, 0.6) is 5.75 Å². The molecule has 5 nitrogen and oxygen atoms in total. The van der Waals surface area contributed by atoms with Gasteiger partial charge in [0, 0.05) is 18.0 Å². The van der Waals surface area contributed by atoms with E-state index in [0.717, 1.165) is 0 Å². The molecule has 0 unspecified atom stereocenters. The van der Waals surface area contributed by atoms with Gasteiger partial charge in [0.1, 0.15) is 5.75 Å². The molecule has 0 aromatic heterocycles. The second kappa shape index (κ2) is 6.99. The molecule has 1 atom stereocenters.